The van der Waals surface area contributed by atoms with Crippen LogP contribution in [0, 0.1) is 11.3 Å². The summed E-state index contributed by atoms with van der Waals surface area (Å²) < 4.78 is 10.2. The van der Waals surface area contributed by atoms with Crippen LogP contribution in [0.15, 0.2) is 6.07 Å². The maximum absolute atomic E-state index is 7.45. The van der Waals surface area contributed by atoms with E-state index < -0.39 is 0 Å². The van der Waals surface area contributed by atoms with Crippen LogP contribution in [0.2, 0.25) is 0 Å². The number of hydrogen-bond acceptors (Lipinski definition) is 6. The van der Waals surface area contributed by atoms with Crippen molar-refractivity contribution in [1.82, 2.24) is 9.97 Å². The van der Waals surface area contributed by atoms with Crippen LogP contribution in [0.4, 0.5) is 5.95 Å². The summed E-state index contributed by atoms with van der Waals surface area (Å²) in [5.74, 6) is 1.47. The van der Waals surface area contributed by atoms with Crippen molar-refractivity contribution in [2.75, 3.05) is 32.2 Å². The zero-order valence-corrected chi connectivity index (χ0v) is 11.8. The van der Waals surface area contributed by atoms with E-state index in [1.807, 2.05) is 18.7 Å². The lowest BCUT2D eigenvalue weighted by molar-refractivity contribution is 0.371. The van der Waals surface area contributed by atoms with Crippen LogP contribution < -0.4 is 20.1 Å². The van der Waals surface area contributed by atoms with Gasteiger partial charge in [0.2, 0.25) is 17.7 Å². The Morgan fingerprint density at radius 3 is 2.26 bits per heavy atom. The highest BCUT2D eigenvalue weighted by Crippen LogP contribution is 2.20. The minimum atomic E-state index is -0.0688. The number of hydrogen-bond donors (Lipinski definition) is 2. The van der Waals surface area contributed by atoms with Gasteiger partial charge in [-0.3, -0.25) is 5.41 Å². The van der Waals surface area contributed by atoms with Crippen LogP contribution in [0.3, 0.4) is 0 Å². The van der Waals surface area contributed by atoms with Crippen LogP contribution >= 0.6 is 0 Å². The number of amidine groups is 1. The van der Waals surface area contributed by atoms with Gasteiger partial charge in [0.15, 0.2) is 0 Å². The van der Waals surface area contributed by atoms with E-state index in [0.717, 1.165) is 0 Å². The van der Waals surface area contributed by atoms with E-state index in [1.165, 1.54) is 0 Å². The molecule has 1 rings (SSSR count). The summed E-state index contributed by atoms with van der Waals surface area (Å²) in [4.78, 5) is 10.5. The monoisotopic (exact) mass is 267 g/mol. The highest BCUT2D eigenvalue weighted by atomic mass is 16.5. The van der Waals surface area contributed by atoms with E-state index in [2.05, 4.69) is 9.97 Å². The number of anilines is 1. The SMILES string of the molecule is CCN(CC(C)C(=N)N)c1nc(OC)cc(OC)n1. The molecule has 7 nitrogen and oxygen atoms in total. The van der Waals surface area contributed by atoms with E-state index in [1.54, 1.807) is 20.3 Å². The number of methoxy groups -OCH3 is 2. The average Bonchev–Trinajstić information content (AvgIpc) is 2.43. The molecule has 0 spiro atoms. The molecule has 1 aromatic rings. The number of nitrogens with two attached hydrogens (primary N) is 1. The second-order valence-corrected chi connectivity index (χ2v) is 4.15. The van der Waals surface area contributed by atoms with Crippen LogP contribution in [0.1, 0.15) is 13.8 Å². The summed E-state index contributed by atoms with van der Waals surface area (Å²) in [5, 5.41) is 7.45. The third kappa shape index (κ3) is 3.97. The first-order valence-corrected chi connectivity index (χ1v) is 6.07. The molecule has 1 atom stereocenters. The molecule has 3 N–H and O–H groups in total. The zero-order chi connectivity index (χ0) is 14.4. The lowest BCUT2D eigenvalue weighted by Gasteiger charge is -2.24. The van der Waals surface area contributed by atoms with Crippen LogP contribution in [-0.4, -0.2) is 43.1 Å². The van der Waals surface area contributed by atoms with Gasteiger partial charge in [0, 0.05) is 19.0 Å². The van der Waals surface area contributed by atoms with E-state index in [4.69, 9.17) is 20.6 Å². The molecule has 0 amide bonds. The van der Waals surface area contributed by atoms with Gasteiger partial charge in [0.05, 0.1) is 26.1 Å². The number of aromatic nitrogens is 2. The van der Waals surface area contributed by atoms with Gasteiger partial charge in [-0.2, -0.15) is 9.97 Å². The average molecular weight is 267 g/mol. The molecule has 0 bridgehead atoms. The third-order valence-electron chi connectivity index (χ3n) is 2.78. The minimum absolute atomic E-state index is 0.0688. The molecule has 0 aliphatic carbocycles. The lowest BCUT2D eigenvalue weighted by Crippen LogP contribution is -2.35. The number of nitrogens with zero attached hydrogens (tertiary/aromatic N) is 3. The number of ether oxygens (including phenoxy) is 2. The Hall–Kier alpha value is -2.05. The van der Waals surface area contributed by atoms with Gasteiger partial charge < -0.3 is 20.1 Å². The summed E-state index contributed by atoms with van der Waals surface area (Å²) in [6.45, 7) is 5.15. The molecule has 0 saturated heterocycles. The quantitative estimate of drug-likeness (QED) is 0.562. The molecule has 7 heteroatoms. The predicted molar refractivity (Wildman–Crippen MR) is 74.1 cm³/mol. The van der Waals surface area contributed by atoms with Crippen molar-refractivity contribution in [3.63, 3.8) is 0 Å². The Kier molecular flexibility index (Phi) is 5.35. The Labute approximate surface area is 113 Å². The van der Waals surface area contributed by atoms with Crippen molar-refractivity contribution >= 4 is 11.8 Å². The van der Waals surface area contributed by atoms with Gasteiger partial charge in [-0.15, -0.1) is 0 Å². The summed E-state index contributed by atoms with van der Waals surface area (Å²) >= 11 is 0. The van der Waals surface area contributed by atoms with E-state index in [0.29, 0.717) is 30.8 Å². The second-order valence-electron chi connectivity index (χ2n) is 4.15. The number of nitrogens with one attached hydrogen (secondary N) is 1. The molecule has 19 heavy (non-hydrogen) atoms. The smallest absolute Gasteiger partial charge is 0.231 e. The fourth-order valence-electron chi connectivity index (χ4n) is 1.52. The van der Waals surface area contributed by atoms with Crippen LogP contribution in [0.25, 0.3) is 0 Å². The maximum atomic E-state index is 7.45. The fourth-order valence-corrected chi connectivity index (χ4v) is 1.52. The zero-order valence-electron chi connectivity index (χ0n) is 11.8. The second kappa shape index (κ2) is 6.77. The Morgan fingerprint density at radius 1 is 1.37 bits per heavy atom. The molecule has 1 aromatic heterocycles. The molecule has 0 aliphatic heterocycles. The molecule has 0 saturated carbocycles. The summed E-state index contributed by atoms with van der Waals surface area (Å²) in [7, 11) is 3.08. The Bertz CT molecular complexity index is 416. The molecular formula is C12H21N5O2. The summed E-state index contributed by atoms with van der Waals surface area (Å²) in [6, 6.07) is 1.62. The van der Waals surface area contributed by atoms with Crippen molar-refractivity contribution in [3.05, 3.63) is 6.07 Å². The molecular weight excluding hydrogens is 246 g/mol. The largest absolute Gasteiger partial charge is 0.481 e. The molecule has 1 heterocycles. The van der Waals surface area contributed by atoms with Crippen LogP contribution in [-0.2, 0) is 0 Å². The third-order valence-corrected chi connectivity index (χ3v) is 2.78. The normalized spacial score (nSPS) is 11.8. The summed E-state index contributed by atoms with van der Waals surface area (Å²) in [5.41, 5.74) is 5.50. The lowest BCUT2D eigenvalue weighted by atomic mass is 10.1. The summed E-state index contributed by atoms with van der Waals surface area (Å²) in [6.07, 6.45) is 0. The van der Waals surface area contributed by atoms with Gasteiger partial charge >= 0.3 is 0 Å². The van der Waals surface area contributed by atoms with Crippen LogP contribution in [0.5, 0.6) is 11.8 Å². The first kappa shape index (κ1) is 15.0. The van der Waals surface area contributed by atoms with Crippen molar-refractivity contribution in [1.29, 1.82) is 5.41 Å². The Balaban J connectivity index is 2.99. The van der Waals surface area contributed by atoms with E-state index in [-0.39, 0.29) is 11.8 Å². The van der Waals surface area contributed by atoms with Crippen molar-refractivity contribution in [2.45, 2.75) is 13.8 Å². The Morgan fingerprint density at radius 2 is 1.89 bits per heavy atom. The molecule has 1 unspecified atom stereocenters. The fraction of sp³-hybridized carbons (Fsp3) is 0.583. The minimum Gasteiger partial charge on any atom is -0.481 e. The highest BCUT2D eigenvalue weighted by Gasteiger charge is 2.16. The van der Waals surface area contributed by atoms with Crippen molar-refractivity contribution in [3.8, 4) is 11.8 Å². The number of rotatable bonds is 7. The molecule has 106 valence electrons. The standard InChI is InChI=1S/C12H21N5O2/c1-5-17(7-8(2)11(13)14)12-15-9(18-3)6-10(16-12)19-4/h6,8H,5,7H2,1-4H3,(H3,13,14). The van der Waals surface area contributed by atoms with Gasteiger partial charge in [-0.05, 0) is 6.92 Å². The molecule has 0 radical (unpaired) electrons. The first-order valence-electron chi connectivity index (χ1n) is 6.07. The van der Waals surface area contributed by atoms with Crippen molar-refractivity contribution < 1.29 is 9.47 Å². The van der Waals surface area contributed by atoms with Gasteiger partial charge in [-0.25, -0.2) is 0 Å². The van der Waals surface area contributed by atoms with E-state index in [9.17, 15) is 0 Å². The van der Waals surface area contributed by atoms with E-state index >= 15 is 0 Å². The predicted octanol–water partition coefficient (Wildman–Crippen LogP) is 0.892. The molecule has 0 fully saturated rings. The molecule has 0 aliphatic rings. The van der Waals surface area contributed by atoms with Gasteiger partial charge in [0.1, 0.15) is 0 Å². The topological polar surface area (TPSA) is 97.4 Å². The van der Waals surface area contributed by atoms with Gasteiger partial charge in [0.25, 0.3) is 0 Å². The maximum Gasteiger partial charge on any atom is 0.231 e. The molecule has 0 aromatic carbocycles. The van der Waals surface area contributed by atoms with Crippen molar-refractivity contribution in [2.24, 2.45) is 11.7 Å². The highest BCUT2D eigenvalue weighted by molar-refractivity contribution is 5.79. The van der Waals surface area contributed by atoms with Gasteiger partial charge in [-0.1, -0.05) is 6.92 Å². The first-order chi connectivity index (χ1) is 9.01.